The number of fused-ring (bicyclic) bond motifs is 1. The van der Waals surface area contributed by atoms with E-state index in [2.05, 4.69) is 10.3 Å². The summed E-state index contributed by atoms with van der Waals surface area (Å²) in [5.74, 6) is -0.825. The van der Waals surface area contributed by atoms with Crippen LogP contribution in [0.2, 0.25) is 0 Å². The standard InChI is InChI=1S/C16H13FN2O/c1-10-13(17)6-4-8-14(10)18-9-12-11-5-2-3-7-15(11)19-16(12)20/h2-9,12H,1H3,(H,19,20). The van der Waals surface area contributed by atoms with E-state index < -0.39 is 5.92 Å². The molecule has 0 bridgehead atoms. The average molecular weight is 268 g/mol. The van der Waals surface area contributed by atoms with Gasteiger partial charge in [-0.2, -0.15) is 0 Å². The fraction of sp³-hybridized carbons (Fsp3) is 0.125. The molecule has 1 N–H and O–H groups in total. The van der Waals surface area contributed by atoms with E-state index in [1.807, 2.05) is 24.3 Å². The molecule has 0 aromatic heterocycles. The van der Waals surface area contributed by atoms with Crippen molar-refractivity contribution in [2.75, 3.05) is 5.32 Å². The predicted octanol–water partition coefficient (Wildman–Crippen LogP) is 3.57. The predicted molar refractivity (Wildman–Crippen MR) is 77.1 cm³/mol. The Morgan fingerprint density at radius 3 is 2.85 bits per heavy atom. The molecular weight excluding hydrogens is 255 g/mol. The van der Waals surface area contributed by atoms with Crippen molar-refractivity contribution in [2.24, 2.45) is 4.99 Å². The number of hydrogen-bond donors (Lipinski definition) is 1. The van der Waals surface area contributed by atoms with Gasteiger partial charge in [0.2, 0.25) is 5.91 Å². The molecule has 0 saturated heterocycles. The normalized spacial score (nSPS) is 17.3. The molecule has 3 nitrogen and oxygen atoms in total. The molecule has 100 valence electrons. The summed E-state index contributed by atoms with van der Waals surface area (Å²) in [6, 6.07) is 12.2. The van der Waals surface area contributed by atoms with Crippen molar-refractivity contribution in [3.05, 3.63) is 59.4 Å². The fourth-order valence-corrected chi connectivity index (χ4v) is 2.27. The van der Waals surface area contributed by atoms with Gasteiger partial charge < -0.3 is 5.32 Å². The van der Waals surface area contributed by atoms with Gasteiger partial charge in [-0.3, -0.25) is 9.79 Å². The van der Waals surface area contributed by atoms with Crippen LogP contribution in [0, 0.1) is 12.7 Å². The highest BCUT2D eigenvalue weighted by atomic mass is 19.1. The summed E-state index contributed by atoms with van der Waals surface area (Å²) in [6.07, 6.45) is 1.57. The highest BCUT2D eigenvalue weighted by Crippen LogP contribution is 2.31. The lowest BCUT2D eigenvalue weighted by molar-refractivity contribution is -0.115. The number of para-hydroxylation sites is 1. The monoisotopic (exact) mass is 268 g/mol. The van der Waals surface area contributed by atoms with Gasteiger partial charge in [0, 0.05) is 17.5 Å². The van der Waals surface area contributed by atoms with Crippen molar-refractivity contribution in [2.45, 2.75) is 12.8 Å². The Morgan fingerprint density at radius 1 is 1.20 bits per heavy atom. The van der Waals surface area contributed by atoms with Crippen LogP contribution in [0.1, 0.15) is 17.0 Å². The molecule has 0 spiro atoms. The topological polar surface area (TPSA) is 41.5 Å². The number of halogens is 1. The number of nitrogens with one attached hydrogen (secondary N) is 1. The summed E-state index contributed by atoms with van der Waals surface area (Å²) >= 11 is 0. The summed E-state index contributed by atoms with van der Waals surface area (Å²) in [6.45, 7) is 1.67. The molecule has 1 aliphatic heterocycles. The van der Waals surface area contributed by atoms with Gasteiger partial charge in [0.05, 0.1) is 5.69 Å². The number of anilines is 1. The first-order chi connectivity index (χ1) is 9.66. The molecule has 20 heavy (non-hydrogen) atoms. The van der Waals surface area contributed by atoms with Crippen LogP contribution in [-0.4, -0.2) is 12.1 Å². The van der Waals surface area contributed by atoms with Crippen molar-refractivity contribution >= 4 is 23.5 Å². The second kappa shape index (κ2) is 4.89. The van der Waals surface area contributed by atoms with Crippen LogP contribution in [0.3, 0.4) is 0 Å². The number of carbonyl (C=O) groups excluding carboxylic acids is 1. The van der Waals surface area contributed by atoms with E-state index in [1.54, 1.807) is 25.3 Å². The van der Waals surface area contributed by atoms with E-state index in [1.165, 1.54) is 6.07 Å². The number of benzene rings is 2. The lowest BCUT2D eigenvalue weighted by Gasteiger charge is -2.03. The molecule has 4 heteroatoms. The molecule has 0 radical (unpaired) electrons. The van der Waals surface area contributed by atoms with Crippen LogP contribution >= 0.6 is 0 Å². The smallest absolute Gasteiger partial charge is 0.237 e. The largest absolute Gasteiger partial charge is 0.325 e. The van der Waals surface area contributed by atoms with Crippen LogP contribution in [0.15, 0.2) is 47.5 Å². The molecule has 0 aliphatic carbocycles. The first-order valence-electron chi connectivity index (χ1n) is 6.36. The minimum Gasteiger partial charge on any atom is -0.325 e. The molecule has 2 aromatic carbocycles. The zero-order chi connectivity index (χ0) is 14.1. The Bertz CT molecular complexity index is 709. The molecule has 1 aliphatic rings. The highest BCUT2D eigenvalue weighted by molar-refractivity contribution is 6.12. The summed E-state index contributed by atoms with van der Waals surface area (Å²) in [7, 11) is 0. The van der Waals surface area contributed by atoms with E-state index in [4.69, 9.17) is 0 Å². The van der Waals surface area contributed by atoms with E-state index >= 15 is 0 Å². The van der Waals surface area contributed by atoms with E-state index in [0.29, 0.717) is 11.3 Å². The van der Waals surface area contributed by atoms with Gasteiger partial charge in [-0.25, -0.2) is 4.39 Å². The van der Waals surface area contributed by atoms with Gasteiger partial charge in [0.15, 0.2) is 0 Å². The first-order valence-corrected chi connectivity index (χ1v) is 6.36. The maximum atomic E-state index is 13.4. The number of nitrogens with zero attached hydrogens (tertiary/aromatic N) is 1. The maximum absolute atomic E-state index is 13.4. The quantitative estimate of drug-likeness (QED) is 0.831. The van der Waals surface area contributed by atoms with Gasteiger partial charge in [0.25, 0.3) is 0 Å². The Kier molecular flexibility index (Phi) is 3.06. The van der Waals surface area contributed by atoms with E-state index in [0.717, 1.165) is 11.3 Å². The Labute approximate surface area is 116 Å². The molecule has 1 amide bonds. The van der Waals surface area contributed by atoms with Crippen molar-refractivity contribution < 1.29 is 9.18 Å². The summed E-state index contributed by atoms with van der Waals surface area (Å²) < 4.78 is 13.4. The summed E-state index contributed by atoms with van der Waals surface area (Å²) in [4.78, 5) is 16.2. The molecule has 3 rings (SSSR count). The molecule has 1 heterocycles. The third-order valence-electron chi connectivity index (χ3n) is 3.44. The van der Waals surface area contributed by atoms with Gasteiger partial charge >= 0.3 is 0 Å². The average Bonchev–Trinajstić information content (AvgIpc) is 2.76. The van der Waals surface area contributed by atoms with Crippen LogP contribution in [0.4, 0.5) is 15.8 Å². The number of rotatable bonds is 2. The Hall–Kier alpha value is -2.49. The molecule has 1 atom stereocenters. The molecule has 0 fully saturated rings. The second-order valence-electron chi connectivity index (χ2n) is 4.72. The second-order valence-corrected chi connectivity index (χ2v) is 4.72. The third-order valence-corrected chi connectivity index (χ3v) is 3.44. The number of amides is 1. The number of carbonyl (C=O) groups is 1. The maximum Gasteiger partial charge on any atom is 0.237 e. The van der Waals surface area contributed by atoms with E-state index in [9.17, 15) is 9.18 Å². The van der Waals surface area contributed by atoms with Crippen LogP contribution in [-0.2, 0) is 4.79 Å². The van der Waals surface area contributed by atoms with Gasteiger partial charge in [-0.15, -0.1) is 0 Å². The minimum absolute atomic E-state index is 0.107. The van der Waals surface area contributed by atoms with Crippen molar-refractivity contribution in [3.63, 3.8) is 0 Å². The fourth-order valence-electron chi connectivity index (χ4n) is 2.27. The van der Waals surface area contributed by atoms with Crippen LogP contribution < -0.4 is 5.32 Å². The van der Waals surface area contributed by atoms with Crippen molar-refractivity contribution in [1.29, 1.82) is 0 Å². The third kappa shape index (κ3) is 2.09. The lowest BCUT2D eigenvalue weighted by Crippen LogP contribution is -2.12. The minimum atomic E-state index is -0.422. The van der Waals surface area contributed by atoms with Crippen molar-refractivity contribution in [1.82, 2.24) is 0 Å². The summed E-state index contributed by atoms with van der Waals surface area (Å²) in [5.41, 5.74) is 2.73. The van der Waals surface area contributed by atoms with Gasteiger partial charge in [0.1, 0.15) is 11.7 Å². The van der Waals surface area contributed by atoms with E-state index in [-0.39, 0.29) is 11.7 Å². The number of aliphatic imine (C=N–C) groups is 1. The highest BCUT2D eigenvalue weighted by Gasteiger charge is 2.28. The zero-order valence-electron chi connectivity index (χ0n) is 10.9. The molecule has 1 unspecified atom stereocenters. The van der Waals surface area contributed by atoms with Crippen molar-refractivity contribution in [3.8, 4) is 0 Å². The zero-order valence-corrected chi connectivity index (χ0v) is 10.9. The first kappa shape index (κ1) is 12.5. The Morgan fingerprint density at radius 2 is 2.00 bits per heavy atom. The summed E-state index contributed by atoms with van der Waals surface area (Å²) in [5, 5.41) is 2.81. The lowest BCUT2D eigenvalue weighted by atomic mass is 10.0. The van der Waals surface area contributed by atoms with Gasteiger partial charge in [-0.1, -0.05) is 24.3 Å². The molecule has 2 aromatic rings. The Balaban J connectivity index is 1.93. The van der Waals surface area contributed by atoms with Crippen LogP contribution in [0.5, 0.6) is 0 Å². The molecule has 0 saturated carbocycles. The van der Waals surface area contributed by atoms with Gasteiger partial charge in [-0.05, 0) is 30.7 Å². The molecular formula is C16H13FN2O. The number of hydrogen-bond acceptors (Lipinski definition) is 2. The SMILES string of the molecule is Cc1c(F)cccc1N=CC1C(=O)Nc2ccccc21. The van der Waals surface area contributed by atoms with Crippen LogP contribution in [0.25, 0.3) is 0 Å².